The molecule has 3 aromatic heterocycles. The van der Waals surface area contributed by atoms with Crippen LogP contribution in [0.5, 0.6) is 0 Å². The minimum absolute atomic E-state index is 0.135. The first-order valence-electron chi connectivity index (χ1n) is 6.10. The summed E-state index contributed by atoms with van der Waals surface area (Å²) in [5.74, 6) is 1.61. The van der Waals surface area contributed by atoms with E-state index in [1.165, 1.54) is 5.56 Å². The number of thiophene rings is 1. The van der Waals surface area contributed by atoms with Gasteiger partial charge in [0.25, 0.3) is 0 Å². The molecule has 0 aliphatic carbocycles. The van der Waals surface area contributed by atoms with Crippen LogP contribution >= 0.6 is 22.9 Å². The third-order valence-electron chi connectivity index (χ3n) is 2.92. The Kier molecular flexibility index (Phi) is 3.99. The molecule has 0 amide bonds. The van der Waals surface area contributed by atoms with Crippen molar-refractivity contribution in [1.82, 2.24) is 9.97 Å². The molecule has 3 rings (SSSR count). The number of nitrogens with one attached hydrogen (secondary N) is 1. The van der Waals surface area contributed by atoms with Gasteiger partial charge in [0.2, 0.25) is 5.95 Å². The third-order valence-corrected chi connectivity index (χ3v) is 3.81. The smallest absolute Gasteiger partial charge is 0.222 e. The summed E-state index contributed by atoms with van der Waals surface area (Å²) in [6.07, 6.45) is 4.83. The fourth-order valence-corrected chi connectivity index (χ4v) is 2.75. The van der Waals surface area contributed by atoms with Crippen molar-refractivity contribution in [3.05, 3.63) is 64.0 Å². The second-order valence-corrected chi connectivity index (χ2v) is 5.45. The molecule has 3 heterocycles. The van der Waals surface area contributed by atoms with Gasteiger partial charge in [0.05, 0.1) is 29.6 Å². The highest BCUT2D eigenvalue weighted by atomic mass is 35.5. The van der Waals surface area contributed by atoms with Gasteiger partial charge in [0, 0.05) is 6.54 Å². The van der Waals surface area contributed by atoms with E-state index in [0.29, 0.717) is 17.5 Å². The van der Waals surface area contributed by atoms with Crippen LogP contribution in [0.1, 0.15) is 17.2 Å². The number of furan rings is 1. The fourth-order valence-electron chi connectivity index (χ4n) is 1.94. The predicted octanol–water partition coefficient (Wildman–Crippen LogP) is 4.03. The molecule has 0 aliphatic rings. The van der Waals surface area contributed by atoms with Gasteiger partial charge in [-0.1, -0.05) is 11.6 Å². The first-order chi connectivity index (χ1) is 9.83. The summed E-state index contributed by atoms with van der Waals surface area (Å²) in [7, 11) is 0. The Morgan fingerprint density at radius 1 is 1.30 bits per heavy atom. The van der Waals surface area contributed by atoms with Crippen molar-refractivity contribution >= 4 is 28.9 Å². The number of hydrogen-bond donors (Lipinski definition) is 1. The van der Waals surface area contributed by atoms with E-state index in [2.05, 4.69) is 32.1 Å². The molecule has 4 nitrogen and oxygen atoms in total. The highest BCUT2D eigenvalue weighted by Gasteiger charge is 2.17. The Bertz CT molecular complexity index is 603. The zero-order valence-electron chi connectivity index (χ0n) is 10.5. The molecule has 1 N–H and O–H groups in total. The van der Waals surface area contributed by atoms with Crippen molar-refractivity contribution in [3.63, 3.8) is 0 Å². The van der Waals surface area contributed by atoms with Crippen LogP contribution < -0.4 is 5.32 Å². The van der Waals surface area contributed by atoms with Crippen LogP contribution in [0.25, 0.3) is 0 Å². The molecule has 0 spiro atoms. The number of hydrogen-bond acceptors (Lipinski definition) is 5. The van der Waals surface area contributed by atoms with Gasteiger partial charge in [-0.3, -0.25) is 0 Å². The van der Waals surface area contributed by atoms with Crippen LogP contribution in [0, 0.1) is 0 Å². The SMILES string of the molecule is Clc1cnc(NCC(c2ccsc2)c2ccco2)nc1. The zero-order valence-corrected chi connectivity index (χ0v) is 12.1. The number of rotatable bonds is 5. The van der Waals surface area contributed by atoms with E-state index < -0.39 is 0 Å². The van der Waals surface area contributed by atoms with Gasteiger partial charge in [-0.15, -0.1) is 0 Å². The molecule has 0 radical (unpaired) electrons. The molecule has 0 aliphatic heterocycles. The highest BCUT2D eigenvalue weighted by molar-refractivity contribution is 7.08. The molecule has 1 unspecified atom stereocenters. The van der Waals surface area contributed by atoms with E-state index >= 15 is 0 Å². The Balaban J connectivity index is 1.76. The molecule has 0 fully saturated rings. The Morgan fingerprint density at radius 2 is 2.15 bits per heavy atom. The Morgan fingerprint density at radius 3 is 2.80 bits per heavy atom. The molecule has 6 heteroatoms. The Hall–Kier alpha value is -1.85. The summed E-state index contributed by atoms with van der Waals surface area (Å²) in [6.45, 7) is 0.659. The lowest BCUT2D eigenvalue weighted by Crippen LogP contribution is -2.14. The summed E-state index contributed by atoms with van der Waals surface area (Å²) in [4.78, 5) is 8.26. The van der Waals surface area contributed by atoms with E-state index in [-0.39, 0.29) is 5.92 Å². The van der Waals surface area contributed by atoms with Crippen LogP contribution in [-0.2, 0) is 0 Å². The topological polar surface area (TPSA) is 51.0 Å². The van der Waals surface area contributed by atoms with Crippen LogP contribution in [0.2, 0.25) is 5.02 Å². The predicted molar refractivity (Wildman–Crippen MR) is 80.4 cm³/mol. The number of nitrogens with zero attached hydrogens (tertiary/aromatic N) is 2. The average Bonchev–Trinajstić information content (AvgIpc) is 3.14. The molecular weight excluding hydrogens is 294 g/mol. The standard InChI is InChI=1S/C14H12ClN3OS/c15-11-6-16-14(17-7-11)18-8-12(10-3-5-20-9-10)13-2-1-4-19-13/h1-7,9,12H,8H2,(H,16,17,18). The second-order valence-electron chi connectivity index (χ2n) is 4.23. The monoisotopic (exact) mass is 305 g/mol. The highest BCUT2D eigenvalue weighted by Crippen LogP contribution is 2.27. The molecule has 0 bridgehead atoms. The summed E-state index contributed by atoms with van der Waals surface area (Å²) >= 11 is 7.44. The fraction of sp³-hybridized carbons (Fsp3) is 0.143. The quantitative estimate of drug-likeness (QED) is 0.773. The van der Waals surface area contributed by atoms with E-state index in [4.69, 9.17) is 16.0 Å². The lowest BCUT2D eigenvalue weighted by atomic mass is 9.99. The number of aromatic nitrogens is 2. The largest absolute Gasteiger partial charge is 0.469 e. The number of anilines is 1. The summed E-state index contributed by atoms with van der Waals surface area (Å²) < 4.78 is 5.53. The molecule has 0 saturated heterocycles. The van der Waals surface area contributed by atoms with E-state index in [1.807, 2.05) is 12.1 Å². The molecule has 102 valence electrons. The van der Waals surface area contributed by atoms with Gasteiger partial charge >= 0.3 is 0 Å². The van der Waals surface area contributed by atoms with Crippen LogP contribution in [0.4, 0.5) is 5.95 Å². The minimum Gasteiger partial charge on any atom is -0.469 e. The Labute approximate surface area is 125 Å². The van der Waals surface area contributed by atoms with Gasteiger partial charge in [-0.2, -0.15) is 11.3 Å². The van der Waals surface area contributed by atoms with Gasteiger partial charge in [-0.25, -0.2) is 9.97 Å². The van der Waals surface area contributed by atoms with Crippen molar-refractivity contribution in [2.24, 2.45) is 0 Å². The molecular formula is C14H12ClN3OS. The maximum Gasteiger partial charge on any atom is 0.222 e. The van der Waals surface area contributed by atoms with E-state index in [0.717, 1.165) is 5.76 Å². The van der Waals surface area contributed by atoms with Crippen molar-refractivity contribution in [2.75, 3.05) is 11.9 Å². The van der Waals surface area contributed by atoms with Crippen LogP contribution in [0.15, 0.2) is 52.0 Å². The van der Waals surface area contributed by atoms with Gasteiger partial charge < -0.3 is 9.73 Å². The van der Waals surface area contributed by atoms with Gasteiger partial charge in [-0.05, 0) is 34.5 Å². The van der Waals surface area contributed by atoms with E-state index in [9.17, 15) is 0 Å². The summed E-state index contributed by atoms with van der Waals surface area (Å²) in [5.41, 5.74) is 1.21. The molecule has 0 saturated carbocycles. The van der Waals surface area contributed by atoms with Crippen molar-refractivity contribution < 1.29 is 4.42 Å². The van der Waals surface area contributed by atoms with Gasteiger partial charge in [0.1, 0.15) is 5.76 Å². The van der Waals surface area contributed by atoms with Crippen molar-refractivity contribution in [2.45, 2.75) is 5.92 Å². The normalized spacial score (nSPS) is 12.2. The summed E-state index contributed by atoms with van der Waals surface area (Å²) in [5, 5.41) is 7.92. The second kappa shape index (κ2) is 6.07. The molecule has 0 aromatic carbocycles. The van der Waals surface area contributed by atoms with Crippen LogP contribution in [-0.4, -0.2) is 16.5 Å². The van der Waals surface area contributed by atoms with Crippen molar-refractivity contribution in [3.8, 4) is 0 Å². The maximum atomic E-state index is 5.77. The maximum absolute atomic E-state index is 5.77. The lowest BCUT2D eigenvalue weighted by molar-refractivity contribution is 0.491. The molecule has 1 atom stereocenters. The molecule has 20 heavy (non-hydrogen) atoms. The minimum atomic E-state index is 0.135. The first kappa shape index (κ1) is 13.1. The van der Waals surface area contributed by atoms with Crippen molar-refractivity contribution in [1.29, 1.82) is 0 Å². The lowest BCUT2D eigenvalue weighted by Gasteiger charge is -2.14. The third kappa shape index (κ3) is 3.00. The molecule has 3 aromatic rings. The summed E-state index contributed by atoms with van der Waals surface area (Å²) in [6, 6.07) is 5.97. The number of halogens is 1. The van der Waals surface area contributed by atoms with E-state index in [1.54, 1.807) is 30.0 Å². The van der Waals surface area contributed by atoms with Gasteiger partial charge in [0.15, 0.2) is 0 Å². The zero-order chi connectivity index (χ0) is 13.8. The first-order valence-corrected chi connectivity index (χ1v) is 7.42. The van der Waals surface area contributed by atoms with Crippen LogP contribution in [0.3, 0.4) is 0 Å². The average molecular weight is 306 g/mol.